The molecule has 0 saturated carbocycles. The Bertz CT molecular complexity index is 486. The SMILES string of the molecule is CCOC(=O)C1Cc2cccnc2C(OC(C)=O)C1. The van der Waals surface area contributed by atoms with Crippen LogP contribution in [0.4, 0.5) is 0 Å². The summed E-state index contributed by atoms with van der Waals surface area (Å²) in [5, 5.41) is 0. The highest BCUT2D eigenvalue weighted by atomic mass is 16.5. The van der Waals surface area contributed by atoms with Crippen molar-refractivity contribution in [1.29, 1.82) is 0 Å². The second-order valence-electron chi connectivity index (χ2n) is 4.53. The molecule has 1 aliphatic rings. The first-order valence-electron chi connectivity index (χ1n) is 6.39. The second-order valence-corrected chi connectivity index (χ2v) is 4.53. The number of pyridine rings is 1. The summed E-state index contributed by atoms with van der Waals surface area (Å²) in [4.78, 5) is 27.3. The van der Waals surface area contributed by atoms with E-state index in [1.807, 2.05) is 12.1 Å². The fraction of sp³-hybridized carbons (Fsp3) is 0.500. The van der Waals surface area contributed by atoms with Gasteiger partial charge in [-0.2, -0.15) is 0 Å². The van der Waals surface area contributed by atoms with Gasteiger partial charge in [-0.05, 0) is 25.0 Å². The number of esters is 2. The van der Waals surface area contributed by atoms with Gasteiger partial charge in [0.05, 0.1) is 18.2 Å². The number of rotatable bonds is 3. The van der Waals surface area contributed by atoms with E-state index in [-0.39, 0.29) is 17.9 Å². The van der Waals surface area contributed by atoms with Crippen molar-refractivity contribution in [3.05, 3.63) is 29.6 Å². The largest absolute Gasteiger partial charge is 0.466 e. The van der Waals surface area contributed by atoms with Crippen molar-refractivity contribution in [3.8, 4) is 0 Å². The molecule has 102 valence electrons. The van der Waals surface area contributed by atoms with Gasteiger partial charge in [0, 0.05) is 19.5 Å². The summed E-state index contributed by atoms with van der Waals surface area (Å²) in [5.74, 6) is -0.888. The molecule has 0 spiro atoms. The standard InChI is InChI=1S/C14H17NO4/c1-3-18-14(17)11-7-10-5-4-6-15-13(10)12(8-11)19-9(2)16/h4-6,11-12H,3,7-8H2,1-2H3. The van der Waals surface area contributed by atoms with Gasteiger partial charge in [0.2, 0.25) is 0 Å². The van der Waals surface area contributed by atoms with Crippen molar-refractivity contribution in [2.24, 2.45) is 5.92 Å². The lowest BCUT2D eigenvalue weighted by Crippen LogP contribution is -2.29. The summed E-state index contributed by atoms with van der Waals surface area (Å²) in [7, 11) is 0. The molecule has 2 unspecified atom stereocenters. The monoisotopic (exact) mass is 263 g/mol. The lowest BCUT2D eigenvalue weighted by Gasteiger charge is -2.28. The number of hydrogen-bond acceptors (Lipinski definition) is 5. The van der Waals surface area contributed by atoms with Crippen molar-refractivity contribution in [2.45, 2.75) is 32.8 Å². The van der Waals surface area contributed by atoms with Gasteiger partial charge in [-0.25, -0.2) is 0 Å². The van der Waals surface area contributed by atoms with Gasteiger partial charge in [0.15, 0.2) is 0 Å². The Hall–Kier alpha value is -1.91. The minimum Gasteiger partial charge on any atom is -0.466 e. The number of carbonyl (C=O) groups excluding carboxylic acids is 2. The summed E-state index contributed by atoms with van der Waals surface area (Å²) in [6.07, 6.45) is 2.22. The van der Waals surface area contributed by atoms with Gasteiger partial charge in [-0.15, -0.1) is 0 Å². The van der Waals surface area contributed by atoms with Crippen molar-refractivity contribution in [1.82, 2.24) is 4.98 Å². The number of hydrogen-bond donors (Lipinski definition) is 0. The first-order valence-corrected chi connectivity index (χ1v) is 6.39. The molecular weight excluding hydrogens is 246 g/mol. The normalized spacial score (nSPS) is 21.4. The van der Waals surface area contributed by atoms with Gasteiger partial charge in [0.25, 0.3) is 0 Å². The van der Waals surface area contributed by atoms with E-state index in [4.69, 9.17) is 9.47 Å². The Balaban J connectivity index is 2.23. The van der Waals surface area contributed by atoms with Gasteiger partial charge < -0.3 is 9.47 Å². The van der Waals surface area contributed by atoms with Gasteiger partial charge in [0.1, 0.15) is 6.10 Å². The highest BCUT2D eigenvalue weighted by Crippen LogP contribution is 2.34. The fourth-order valence-electron chi connectivity index (χ4n) is 2.38. The number of nitrogens with zero attached hydrogens (tertiary/aromatic N) is 1. The average molecular weight is 263 g/mol. The predicted octanol–water partition coefficient (Wildman–Crippen LogP) is 1.81. The number of fused-ring (bicyclic) bond motifs is 1. The van der Waals surface area contributed by atoms with Crippen LogP contribution >= 0.6 is 0 Å². The van der Waals surface area contributed by atoms with E-state index in [0.717, 1.165) is 11.3 Å². The number of carbonyl (C=O) groups is 2. The van der Waals surface area contributed by atoms with E-state index in [1.165, 1.54) is 6.92 Å². The van der Waals surface area contributed by atoms with Gasteiger partial charge >= 0.3 is 11.9 Å². The minimum atomic E-state index is -0.461. The minimum absolute atomic E-state index is 0.242. The van der Waals surface area contributed by atoms with Crippen LogP contribution in [0.5, 0.6) is 0 Å². The molecule has 0 fully saturated rings. The maximum absolute atomic E-state index is 11.9. The smallest absolute Gasteiger partial charge is 0.309 e. The maximum atomic E-state index is 11.9. The molecule has 0 bridgehead atoms. The number of ether oxygens (including phenoxy) is 2. The van der Waals surface area contributed by atoms with Crippen molar-refractivity contribution < 1.29 is 19.1 Å². The highest BCUT2D eigenvalue weighted by molar-refractivity contribution is 5.73. The molecule has 0 N–H and O–H groups in total. The van der Waals surface area contributed by atoms with Crippen LogP contribution in [0.3, 0.4) is 0 Å². The van der Waals surface area contributed by atoms with Crippen molar-refractivity contribution in [2.75, 3.05) is 6.61 Å². The third kappa shape index (κ3) is 3.10. The van der Waals surface area contributed by atoms with E-state index in [9.17, 15) is 9.59 Å². The molecule has 1 aliphatic carbocycles. The molecule has 0 saturated heterocycles. The summed E-state index contributed by atoms with van der Waals surface area (Å²) in [5.41, 5.74) is 1.69. The highest BCUT2D eigenvalue weighted by Gasteiger charge is 2.34. The molecule has 5 nitrogen and oxygen atoms in total. The molecule has 1 aromatic rings. The van der Waals surface area contributed by atoms with E-state index in [1.54, 1.807) is 13.1 Å². The molecule has 5 heteroatoms. The summed E-state index contributed by atoms with van der Waals surface area (Å²) in [6.45, 7) is 3.49. The van der Waals surface area contributed by atoms with Crippen LogP contribution in [0.15, 0.2) is 18.3 Å². The summed E-state index contributed by atoms with van der Waals surface area (Å²) in [6, 6.07) is 3.72. The zero-order valence-electron chi connectivity index (χ0n) is 11.1. The van der Waals surface area contributed by atoms with Crippen LogP contribution < -0.4 is 0 Å². The summed E-state index contributed by atoms with van der Waals surface area (Å²) >= 11 is 0. The second kappa shape index (κ2) is 5.82. The molecule has 1 heterocycles. The first-order chi connectivity index (χ1) is 9.11. The Morgan fingerprint density at radius 1 is 1.47 bits per heavy atom. The first kappa shape index (κ1) is 13.5. The zero-order valence-corrected chi connectivity index (χ0v) is 11.1. The van der Waals surface area contributed by atoms with Crippen molar-refractivity contribution in [3.63, 3.8) is 0 Å². The lowest BCUT2D eigenvalue weighted by molar-refractivity contribution is -0.155. The molecule has 19 heavy (non-hydrogen) atoms. The van der Waals surface area contributed by atoms with Crippen LogP contribution in [0, 0.1) is 5.92 Å². The van der Waals surface area contributed by atoms with Crippen LogP contribution in [-0.4, -0.2) is 23.5 Å². The molecular formula is C14H17NO4. The van der Waals surface area contributed by atoms with E-state index >= 15 is 0 Å². The van der Waals surface area contributed by atoms with Crippen LogP contribution in [0.1, 0.15) is 37.6 Å². The third-order valence-electron chi connectivity index (χ3n) is 3.12. The summed E-state index contributed by atoms with van der Waals surface area (Å²) < 4.78 is 10.3. The van der Waals surface area contributed by atoms with Crippen LogP contribution in [-0.2, 0) is 25.5 Å². The molecule has 2 atom stereocenters. The van der Waals surface area contributed by atoms with E-state index < -0.39 is 6.10 Å². The maximum Gasteiger partial charge on any atom is 0.309 e. The fourth-order valence-corrected chi connectivity index (χ4v) is 2.38. The predicted molar refractivity (Wildman–Crippen MR) is 67.2 cm³/mol. The molecule has 0 aliphatic heterocycles. The zero-order chi connectivity index (χ0) is 13.8. The van der Waals surface area contributed by atoms with E-state index in [2.05, 4.69) is 4.98 Å². The Morgan fingerprint density at radius 3 is 2.95 bits per heavy atom. The number of aromatic nitrogens is 1. The third-order valence-corrected chi connectivity index (χ3v) is 3.12. The quantitative estimate of drug-likeness (QED) is 0.778. The van der Waals surface area contributed by atoms with Crippen molar-refractivity contribution >= 4 is 11.9 Å². The average Bonchev–Trinajstić information content (AvgIpc) is 2.38. The van der Waals surface area contributed by atoms with Crippen LogP contribution in [0.2, 0.25) is 0 Å². The molecule has 0 aromatic carbocycles. The molecule has 0 radical (unpaired) electrons. The molecule has 1 aromatic heterocycles. The Kier molecular flexibility index (Phi) is 4.14. The Labute approximate surface area is 111 Å². The van der Waals surface area contributed by atoms with Crippen LogP contribution in [0.25, 0.3) is 0 Å². The lowest BCUT2D eigenvalue weighted by atomic mass is 9.84. The van der Waals surface area contributed by atoms with E-state index in [0.29, 0.717) is 19.4 Å². The molecule has 0 amide bonds. The molecule has 2 rings (SSSR count). The Morgan fingerprint density at radius 2 is 2.26 bits per heavy atom. The van der Waals surface area contributed by atoms with Gasteiger partial charge in [-0.1, -0.05) is 6.07 Å². The van der Waals surface area contributed by atoms with Gasteiger partial charge in [-0.3, -0.25) is 14.6 Å². The topological polar surface area (TPSA) is 65.5 Å².